The van der Waals surface area contributed by atoms with Crippen LogP contribution in [0.25, 0.3) is 5.65 Å². The molecule has 0 saturated heterocycles. The van der Waals surface area contributed by atoms with E-state index < -0.39 is 5.97 Å². The second-order valence-corrected chi connectivity index (χ2v) is 4.92. The van der Waals surface area contributed by atoms with Crippen LogP contribution in [-0.4, -0.2) is 25.7 Å². The predicted octanol–water partition coefficient (Wildman–Crippen LogP) is 1.31. The minimum absolute atomic E-state index is 0.0599. The Morgan fingerprint density at radius 2 is 2.06 bits per heavy atom. The Kier molecular flexibility index (Phi) is 2.30. The summed E-state index contributed by atoms with van der Waals surface area (Å²) in [4.78, 5) is 15.2. The van der Waals surface area contributed by atoms with Gasteiger partial charge in [0.05, 0.1) is 5.69 Å². The molecule has 0 aromatic carbocycles. The number of rotatable bonds is 1. The van der Waals surface area contributed by atoms with Crippen LogP contribution < -0.4 is 5.73 Å². The molecule has 0 radical (unpaired) electrons. The third kappa shape index (κ3) is 1.93. The first kappa shape index (κ1) is 11.4. The average molecular weight is 234 g/mol. The average Bonchev–Trinajstić information content (AvgIpc) is 2.60. The fourth-order valence-electron chi connectivity index (χ4n) is 1.49. The van der Waals surface area contributed by atoms with E-state index in [1.807, 2.05) is 20.8 Å². The van der Waals surface area contributed by atoms with Crippen molar-refractivity contribution in [3.63, 3.8) is 0 Å². The van der Waals surface area contributed by atoms with Gasteiger partial charge in [0.15, 0.2) is 11.3 Å². The SMILES string of the molecule is CC(C)(C)c1cc(N)n2nc(C(=O)O)cc2n1. The Balaban J connectivity index is 2.69. The molecule has 0 unspecified atom stereocenters. The van der Waals surface area contributed by atoms with Gasteiger partial charge in [0, 0.05) is 17.5 Å². The lowest BCUT2D eigenvalue weighted by atomic mass is 9.92. The molecule has 6 nitrogen and oxygen atoms in total. The largest absolute Gasteiger partial charge is 0.476 e. The van der Waals surface area contributed by atoms with Crippen LogP contribution in [0.1, 0.15) is 37.0 Å². The molecule has 3 N–H and O–H groups in total. The summed E-state index contributed by atoms with van der Waals surface area (Å²) in [6.45, 7) is 6.04. The van der Waals surface area contributed by atoms with E-state index in [0.717, 1.165) is 5.69 Å². The number of nitrogen functional groups attached to an aromatic ring is 1. The molecule has 6 heteroatoms. The van der Waals surface area contributed by atoms with Crippen LogP contribution in [-0.2, 0) is 5.41 Å². The van der Waals surface area contributed by atoms with Crippen LogP contribution in [0.15, 0.2) is 12.1 Å². The number of nitrogens with zero attached hydrogens (tertiary/aromatic N) is 3. The number of anilines is 1. The molecule has 2 heterocycles. The number of carbonyl (C=O) groups is 1. The fourth-order valence-corrected chi connectivity index (χ4v) is 1.49. The maximum Gasteiger partial charge on any atom is 0.356 e. The third-order valence-corrected chi connectivity index (χ3v) is 2.44. The van der Waals surface area contributed by atoms with Gasteiger partial charge in [-0.3, -0.25) is 0 Å². The van der Waals surface area contributed by atoms with Gasteiger partial charge in [0.25, 0.3) is 0 Å². The highest BCUT2D eigenvalue weighted by Gasteiger charge is 2.19. The molecular weight excluding hydrogens is 220 g/mol. The Morgan fingerprint density at radius 1 is 1.41 bits per heavy atom. The Morgan fingerprint density at radius 3 is 2.59 bits per heavy atom. The van der Waals surface area contributed by atoms with Crippen molar-refractivity contribution in [2.45, 2.75) is 26.2 Å². The number of hydrogen-bond acceptors (Lipinski definition) is 4. The lowest BCUT2D eigenvalue weighted by Gasteiger charge is -2.18. The van der Waals surface area contributed by atoms with E-state index >= 15 is 0 Å². The smallest absolute Gasteiger partial charge is 0.356 e. The molecule has 17 heavy (non-hydrogen) atoms. The van der Waals surface area contributed by atoms with Crippen LogP contribution in [0.3, 0.4) is 0 Å². The lowest BCUT2D eigenvalue weighted by molar-refractivity contribution is 0.0690. The molecule has 0 amide bonds. The van der Waals surface area contributed by atoms with Crippen molar-refractivity contribution in [3.05, 3.63) is 23.5 Å². The molecular formula is C11H14N4O2. The van der Waals surface area contributed by atoms with E-state index in [4.69, 9.17) is 10.8 Å². The summed E-state index contributed by atoms with van der Waals surface area (Å²) in [6, 6.07) is 3.12. The summed E-state index contributed by atoms with van der Waals surface area (Å²) in [7, 11) is 0. The summed E-state index contributed by atoms with van der Waals surface area (Å²) in [6.07, 6.45) is 0. The van der Waals surface area contributed by atoms with Crippen molar-refractivity contribution >= 4 is 17.4 Å². The van der Waals surface area contributed by atoms with Crippen molar-refractivity contribution in [3.8, 4) is 0 Å². The molecule has 0 fully saturated rings. The normalized spacial score (nSPS) is 11.9. The molecule has 0 atom stereocenters. The van der Waals surface area contributed by atoms with Crippen LogP contribution in [0, 0.1) is 0 Å². The molecule has 0 spiro atoms. The van der Waals surface area contributed by atoms with Gasteiger partial charge < -0.3 is 10.8 Å². The van der Waals surface area contributed by atoms with Gasteiger partial charge in [-0.1, -0.05) is 20.8 Å². The minimum atomic E-state index is -1.09. The molecule has 0 aliphatic carbocycles. The standard InChI is InChI=1S/C11H14N4O2/c1-11(2,3)7-5-8(12)15-9(13-7)4-6(14-15)10(16)17/h4-5H,12H2,1-3H3,(H,16,17). The second-order valence-electron chi connectivity index (χ2n) is 4.92. The zero-order valence-corrected chi connectivity index (χ0v) is 9.93. The molecule has 2 aromatic heterocycles. The van der Waals surface area contributed by atoms with E-state index in [0.29, 0.717) is 11.5 Å². The number of nitrogens with two attached hydrogens (primary N) is 1. The highest BCUT2D eigenvalue weighted by molar-refractivity contribution is 5.86. The molecule has 0 aliphatic heterocycles. The fraction of sp³-hybridized carbons (Fsp3) is 0.364. The third-order valence-electron chi connectivity index (χ3n) is 2.44. The monoisotopic (exact) mass is 234 g/mol. The quantitative estimate of drug-likeness (QED) is 0.775. The highest BCUT2D eigenvalue weighted by atomic mass is 16.4. The van der Waals surface area contributed by atoms with Crippen molar-refractivity contribution in [1.29, 1.82) is 0 Å². The van der Waals surface area contributed by atoms with Crippen LogP contribution in [0.5, 0.6) is 0 Å². The lowest BCUT2D eigenvalue weighted by Crippen LogP contribution is -2.15. The van der Waals surface area contributed by atoms with Gasteiger partial charge in [-0.25, -0.2) is 9.78 Å². The number of aromatic carboxylic acids is 1. The van der Waals surface area contributed by atoms with Crippen molar-refractivity contribution < 1.29 is 9.90 Å². The molecule has 0 aliphatic rings. The van der Waals surface area contributed by atoms with Gasteiger partial charge >= 0.3 is 5.97 Å². The Hall–Kier alpha value is -2.11. The van der Waals surface area contributed by atoms with E-state index in [9.17, 15) is 4.79 Å². The highest BCUT2D eigenvalue weighted by Crippen LogP contribution is 2.23. The second kappa shape index (κ2) is 3.44. The zero-order chi connectivity index (χ0) is 12.8. The van der Waals surface area contributed by atoms with Gasteiger partial charge in [0.2, 0.25) is 0 Å². The zero-order valence-electron chi connectivity index (χ0n) is 9.93. The summed E-state index contributed by atoms with van der Waals surface area (Å²) < 4.78 is 1.33. The number of aromatic nitrogens is 3. The summed E-state index contributed by atoms with van der Waals surface area (Å²) in [5, 5.41) is 12.7. The van der Waals surface area contributed by atoms with E-state index in [1.165, 1.54) is 10.6 Å². The number of carboxylic acids is 1. The van der Waals surface area contributed by atoms with Gasteiger partial charge in [-0.15, -0.1) is 0 Å². The van der Waals surface area contributed by atoms with Crippen molar-refractivity contribution in [2.75, 3.05) is 5.73 Å². The number of fused-ring (bicyclic) bond motifs is 1. The van der Waals surface area contributed by atoms with Gasteiger partial charge in [-0.05, 0) is 0 Å². The van der Waals surface area contributed by atoms with E-state index in [1.54, 1.807) is 6.07 Å². The van der Waals surface area contributed by atoms with Gasteiger partial charge in [-0.2, -0.15) is 9.61 Å². The van der Waals surface area contributed by atoms with Crippen LogP contribution >= 0.6 is 0 Å². The van der Waals surface area contributed by atoms with Crippen molar-refractivity contribution in [1.82, 2.24) is 14.6 Å². The molecule has 2 aromatic rings. The van der Waals surface area contributed by atoms with E-state index in [2.05, 4.69) is 10.1 Å². The van der Waals surface area contributed by atoms with Crippen LogP contribution in [0.2, 0.25) is 0 Å². The first-order valence-electron chi connectivity index (χ1n) is 5.19. The maximum absolute atomic E-state index is 10.8. The predicted molar refractivity (Wildman–Crippen MR) is 63.1 cm³/mol. The Labute approximate surface area is 98.1 Å². The number of carboxylic acid groups (broad SMARTS) is 1. The Bertz CT molecular complexity index is 595. The first-order valence-corrected chi connectivity index (χ1v) is 5.19. The summed E-state index contributed by atoms with van der Waals surface area (Å²) >= 11 is 0. The topological polar surface area (TPSA) is 93.5 Å². The maximum atomic E-state index is 10.8. The molecule has 0 bridgehead atoms. The number of hydrogen-bond donors (Lipinski definition) is 2. The summed E-state index contributed by atoms with van der Waals surface area (Å²) in [5.41, 5.74) is 6.88. The molecule has 0 saturated carbocycles. The van der Waals surface area contributed by atoms with Gasteiger partial charge in [0.1, 0.15) is 5.82 Å². The minimum Gasteiger partial charge on any atom is -0.476 e. The molecule has 90 valence electrons. The molecule has 2 rings (SSSR count). The van der Waals surface area contributed by atoms with E-state index in [-0.39, 0.29) is 11.1 Å². The summed E-state index contributed by atoms with van der Waals surface area (Å²) in [5.74, 6) is -0.709. The van der Waals surface area contributed by atoms with Crippen molar-refractivity contribution in [2.24, 2.45) is 0 Å². The van der Waals surface area contributed by atoms with Crippen LogP contribution in [0.4, 0.5) is 5.82 Å². The first-order chi connectivity index (χ1) is 7.79.